The molecule has 3 aromatic rings. The van der Waals surface area contributed by atoms with Gasteiger partial charge in [-0.05, 0) is 47.7 Å². The summed E-state index contributed by atoms with van der Waals surface area (Å²) in [5.74, 6) is 0.233. The van der Waals surface area contributed by atoms with Crippen LogP contribution >= 0.6 is 11.6 Å². The molecule has 3 rings (SSSR count). The van der Waals surface area contributed by atoms with Gasteiger partial charge in [-0.2, -0.15) is 0 Å². The third kappa shape index (κ3) is 6.02. The number of rotatable bonds is 9. The molecular formula is C26H27ClN2O2. The molecule has 0 saturated heterocycles. The van der Waals surface area contributed by atoms with Crippen LogP contribution in [0.1, 0.15) is 49.0 Å². The van der Waals surface area contributed by atoms with E-state index in [0.717, 1.165) is 35.3 Å². The minimum Gasteiger partial charge on any atom is -0.312 e. The Hall–Kier alpha value is -2.98. The monoisotopic (exact) mass is 434 g/mol. The zero-order chi connectivity index (χ0) is 22.2. The highest BCUT2D eigenvalue weighted by Crippen LogP contribution is 2.25. The lowest BCUT2D eigenvalue weighted by atomic mass is 9.99. The zero-order valence-corrected chi connectivity index (χ0v) is 18.7. The van der Waals surface area contributed by atoms with Crippen molar-refractivity contribution in [2.24, 2.45) is 0 Å². The summed E-state index contributed by atoms with van der Waals surface area (Å²) in [4.78, 5) is 30.6. The van der Waals surface area contributed by atoms with Crippen molar-refractivity contribution >= 4 is 29.0 Å². The molecule has 0 saturated carbocycles. The van der Waals surface area contributed by atoms with Crippen molar-refractivity contribution in [3.05, 3.63) is 83.1 Å². The number of carbonyl (C=O) groups is 2. The molecule has 1 heterocycles. The third-order valence-corrected chi connectivity index (χ3v) is 5.42. The fraction of sp³-hybridized carbons (Fsp3) is 0.269. The highest BCUT2D eigenvalue weighted by Gasteiger charge is 2.13. The van der Waals surface area contributed by atoms with Crippen molar-refractivity contribution in [1.29, 1.82) is 0 Å². The van der Waals surface area contributed by atoms with Crippen LogP contribution in [0.5, 0.6) is 0 Å². The predicted molar refractivity (Wildman–Crippen MR) is 127 cm³/mol. The number of benzene rings is 2. The Bertz CT molecular complexity index is 1010. The van der Waals surface area contributed by atoms with Crippen LogP contribution in [0.15, 0.2) is 66.9 Å². The van der Waals surface area contributed by atoms with E-state index in [0.29, 0.717) is 30.0 Å². The van der Waals surface area contributed by atoms with Gasteiger partial charge in [0.2, 0.25) is 5.91 Å². The van der Waals surface area contributed by atoms with E-state index in [1.807, 2.05) is 66.4 Å². The minimum absolute atomic E-state index is 0.102. The van der Waals surface area contributed by atoms with Crippen molar-refractivity contribution in [1.82, 2.24) is 4.98 Å². The van der Waals surface area contributed by atoms with Crippen LogP contribution in [-0.4, -0.2) is 23.2 Å². The van der Waals surface area contributed by atoms with Crippen molar-refractivity contribution in [3.8, 4) is 11.1 Å². The Kier molecular flexibility index (Phi) is 7.96. The summed E-state index contributed by atoms with van der Waals surface area (Å²) in [6.07, 6.45) is 4.18. The van der Waals surface area contributed by atoms with Crippen LogP contribution in [-0.2, 0) is 11.2 Å². The standard InChI is InChI=1S/C26H27ClN2O2/c1-3-17-29(26(31)4-2)23-13-11-21(12-14-23)20-7-9-22(10-8-20)24(30)15-5-19-6-16-25(27)28-18-19/h6-14,16,18H,3-5,15,17H2,1-2H3. The molecule has 1 amide bonds. The van der Waals surface area contributed by atoms with Gasteiger partial charge in [-0.1, -0.05) is 67.9 Å². The number of aryl methyl sites for hydroxylation is 1. The van der Waals surface area contributed by atoms with E-state index in [4.69, 9.17) is 11.6 Å². The molecule has 0 N–H and O–H groups in total. The molecular weight excluding hydrogens is 408 g/mol. The molecule has 0 aliphatic carbocycles. The number of amides is 1. The van der Waals surface area contributed by atoms with Gasteiger partial charge in [0.25, 0.3) is 0 Å². The van der Waals surface area contributed by atoms with E-state index in [9.17, 15) is 9.59 Å². The van der Waals surface area contributed by atoms with Gasteiger partial charge in [-0.3, -0.25) is 9.59 Å². The number of anilines is 1. The number of halogens is 1. The summed E-state index contributed by atoms with van der Waals surface area (Å²) in [6, 6.07) is 19.3. The average molecular weight is 435 g/mol. The van der Waals surface area contributed by atoms with Crippen molar-refractivity contribution < 1.29 is 9.59 Å². The molecule has 0 fully saturated rings. The molecule has 0 aliphatic rings. The van der Waals surface area contributed by atoms with Crippen LogP contribution in [0.25, 0.3) is 11.1 Å². The fourth-order valence-electron chi connectivity index (χ4n) is 3.45. The smallest absolute Gasteiger partial charge is 0.226 e. The summed E-state index contributed by atoms with van der Waals surface area (Å²) in [7, 11) is 0. The SMILES string of the molecule is CCCN(C(=O)CC)c1ccc(-c2ccc(C(=O)CCc3ccc(Cl)nc3)cc2)cc1. The molecule has 4 nitrogen and oxygen atoms in total. The Balaban J connectivity index is 1.65. The van der Waals surface area contributed by atoms with Gasteiger partial charge in [-0.25, -0.2) is 4.98 Å². The van der Waals surface area contributed by atoms with Gasteiger partial charge in [0.15, 0.2) is 5.78 Å². The van der Waals surface area contributed by atoms with Gasteiger partial charge >= 0.3 is 0 Å². The Morgan fingerprint density at radius 2 is 1.55 bits per heavy atom. The number of pyridine rings is 1. The van der Waals surface area contributed by atoms with Gasteiger partial charge in [0, 0.05) is 36.8 Å². The average Bonchev–Trinajstić information content (AvgIpc) is 2.82. The topological polar surface area (TPSA) is 50.3 Å². The van der Waals surface area contributed by atoms with E-state index < -0.39 is 0 Å². The summed E-state index contributed by atoms with van der Waals surface area (Å²) < 4.78 is 0. The molecule has 0 radical (unpaired) electrons. The number of aromatic nitrogens is 1. The molecule has 0 bridgehead atoms. The lowest BCUT2D eigenvalue weighted by Crippen LogP contribution is -2.30. The second-order valence-electron chi connectivity index (χ2n) is 7.44. The van der Waals surface area contributed by atoms with Gasteiger partial charge < -0.3 is 4.90 Å². The maximum Gasteiger partial charge on any atom is 0.226 e. The van der Waals surface area contributed by atoms with Crippen molar-refractivity contribution in [2.45, 2.75) is 39.5 Å². The molecule has 0 atom stereocenters. The molecule has 0 unspecified atom stereocenters. The molecule has 5 heteroatoms. The fourth-order valence-corrected chi connectivity index (χ4v) is 3.56. The largest absolute Gasteiger partial charge is 0.312 e. The number of Topliss-reactive ketones (excluding diaryl/α,β-unsaturated/α-hetero) is 1. The van der Waals surface area contributed by atoms with Crippen molar-refractivity contribution in [3.63, 3.8) is 0 Å². The number of nitrogens with zero attached hydrogens (tertiary/aromatic N) is 2. The maximum atomic E-state index is 12.5. The van der Waals surface area contributed by atoms with Gasteiger partial charge in [0.05, 0.1) is 0 Å². The van der Waals surface area contributed by atoms with E-state index in [1.54, 1.807) is 12.3 Å². The highest BCUT2D eigenvalue weighted by atomic mass is 35.5. The van der Waals surface area contributed by atoms with Crippen LogP contribution in [0.4, 0.5) is 5.69 Å². The first-order chi connectivity index (χ1) is 15.0. The van der Waals surface area contributed by atoms with Crippen LogP contribution in [0, 0.1) is 0 Å². The second kappa shape index (κ2) is 10.9. The number of hydrogen-bond donors (Lipinski definition) is 0. The van der Waals surface area contributed by atoms with E-state index >= 15 is 0 Å². The molecule has 31 heavy (non-hydrogen) atoms. The Morgan fingerprint density at radius 3 is 2.10 bits per heavy atom. The molecule has 160 valence electrons. The van der Waals surface area contributed by atoms with E-state index in [2.05, 4.69) is 11.9 Å². The Labute approximate surface area is 188 Å². The molecule has 1 aromatic heterocycles. The highest BCUT2D eigenvalue weighted by molar-refractivity contribution is 6.29. The molecule has 2 aromatic carbocycles. The number of hydrogen-bond acceptors (Lipinski definition) is 3. The zero-order valence-electron chi connectivity index (χ0n) is 18.0. The summed E-state index contributed by atoms with van der Waals surface area (Å²) in [6.45, 7) is 4.67. The quantitative estimate of drug-likeness (QED) is 0.290. The summed E-state index contributed by atoms with van der Waals surface area (Å²) in [5.41, 5.74) is 4.70. The van der Waals surface area contributed by atoms with Crippen LogP contribution in [0.2, 0.25) is 5.15 Å². The Morgan fingerprint density at radius 1 is 0.903 bits per heavy atom. The predicted octanol–water partition coefficient (Wildman–Crippen LogP) is 6.37. The first-order valence-electron chi connectivity index (χ1n) is 10.7. The normalized spacial score (nSPS) is 10.7. The third-order valence-electron chi connectivity index (χ3n) is 5.20. The van der Waals surface area contributed by atoms with E-state index in [1.165, 1.54) is 0 Å². The van der Waals surface area contributed by atoms with Crippen LogP contribution in [0.3, 0.4) is 0 Å². The molecule has 0 spiro atoms. The van der Waals surface area contributed by atoms with Gasteiger partial charge in [-0.15, -0.1) is 0 Å². The lowest BCUT2D eigenvalue weighted by Gasteiger charge is -2.22. The first-order valence-corrected chi connectivity index (χ1v) is 11.0. The maximum absolute atomic E-state index is 12.5. The molecule has 0 aliphatic heterocycles. The first kappa shape index (κ1) is 22.7. The lowest BCUT2D eigenvalue weighted by molar-refractivity contribution is -0.118. The van der Waals surface area contributed by atoms with Gasteiger partial charge in [0.1, 0.15) is 5.15 Å². The second-order valence-corrected chi connectivity index (χ2v) is 7.82. The number of ketones is 1. The summed E-state index contributed by atoms with van der Waals surface area (Å²) in [5, 5.41) is 0.453. The van der Waals surface area contributed by atoms with Crippen LogP contribution < -0.4 is 4.90 Å². The van der Waals surface area contributed by atoms with Crippen molar-refractivity contribution in [2.75, 3.05) is 11.4 Å². The number of carbonyl (C=O) groups excluding carboxylic acids is 2. The van der Waals surface area contributed by atoms with E-state index in [-0.39, 0.29) is 11.7 Å². The minimum atomic E-state index is 0.102. The summed E-state index contributed by atoms with van der Waals surface area (Å²) >= 11 is 5.80.